The lowest BCUT2D eigenvalue weighted by atomic mass is 10.1. The molecule has 24 heavy (non-hydrogen) atoms. The van der Waals surface area contributed by atoms with Gasteiger partial charge in [-0.3, -0.25) is 10.1 Å². The van der Waals surface area contributed by atoms with Crippen molar-refractivity contribution in [2.45, 2.75) is 84.0 Å². The second-order valence-electron chi connectivity index (χ2n) is 5.99. The Hall–Kier alpha value is -1.71. The highest BCUT2D eigenvalue weighted by Gasteiger charge is 2.06. The Morgan fingerprint density at radius 1 is 0.875 bits per heavy atom. The van der Waals surface area contributed by atoms with E-state index < -0.39 is 0 Å². The summed E-state index contributed by atoms with van der Waals surface area (Å²) in [6, 6.07) is 0. The number of carbonyl (C=O) groups is 1. The van der Waals surface area contributed by atoms with Crippen LogP contribution in [-0.4, -0.2) is 11.2 Å². The maximum atomic E-state index is 11.0. The van der Waals surface area contributed by atoms with Crippen molar-refractivity contribution >= 4 is 6.29 Å². The Labute approximate surface area is 146 Å². The average Bonchev–Trinajstić information content (AvgIpc) is 2.57. The second kappa shape index (κ2) is 17.6. The first-order valence-corrected chi connectivity index (χ1v) is 9.29. The largest absolute Gasteiger partial charge is 0.303 e. The van der Waals surface area contributed by atoms with Crippen molar-refractivity contribution < 1.29 is 9.72 Å². The van der Waals surface area contributed by atoms with E-state index in [4.69, 9.17) is 0 Å². The van der Waals surface area contributed by atoms with Gasteiger partial charge in [0.15, 0.2) is 0 Å². The van der Waals surface area contributed by atoms with E-state index in [1.165, 1.54) is 19.3 Å². The highest BCUT2D eigenvalue weighted by molar-refractivity contribution is 5.48. The van der Waals surface area contributed by atoms with Crippen molar-refractivity contribution in [2.75, 3.05) is 0 Å². The summed E-state index contributed by atoms with van der Waals surface area (Å²) in [5, 5.41) is 11.0. The molecule has 0 spiro atoms. The maximum Gasteiger partial charge on any atom is 0.246 e. The summed E-state index contributed by atoms with van der Waals surface area (Å²) < 4.78 is 0. The number of unbranched alkanes of at least 4 members (excludes halogenated alkanes) is 8. The molecule has 0 aliphatic rings. The number of aldehydes is 1. The molecule has 0 aromatic rings. The van der Waals surface area contributed by atoms with Crippen molar-refractivity contribution in [3.8, 4) is 0 Å². The predicted molar refractivity (Wildman–Crippen MR) is 100 cm³/mol. The molecule has 0 aromatic heterocycles. The number of rotatable bonds is 16. The molecule has 0 aromatic carbocycles. The Morgan fingerprint density at radius 2 is 1.50 bits per heavy atom. The third kappa shape index (κ3) is 15.2. The van der Waals surface area contributed by atoms with Crippen molar-refractivity contribution in [3.63, 3.8) is 0 Å². The van der Waals surface area contributed by atoms with Crippen LogP contribution >= 0.6 is 0 Å². The van der Waals surface area contributed by atoms with E-state index in [0.717, 1.165) is 44.8 Å². The van der Waals surface area contributed by atoms with Gasteiger partial charge >= 0.3 is 0 Å². The minimum absolute atomic E-state index is 0.274. The first-order chi connectivity index (χ1) is 11.7. The zero-order chi connectivity index (χ0) is 17.9. The SMILES string of the molecule is CCCCC/C=C/C/C=C(/C/C=C/CCCCCCC=O)[N+](=O)[O-]. The number of nitrogens with zero attached hydrogens (tertiary/aromatic N) is 1. The van der Waals surface area contributed by atoms with Crippen LogP contribution in [0.5, 0.6) is 0 Å². The van der Waals surface area contributed by atoms with E-state index in [1.54, 1.807) is 6.08 Å². The molecule has 136 valence electrons. The van der Waals surface area contributed by atoms with Gasteiger partial charge in [-0.15, -0.1) is 0 Å². The summed E-state index contributed by atoms with van der Waals surface area (Å²) in [6.07, 6.45) is 22.3. The first-order valence-electron chi connectivity index (χ1n) is 9.29. The third-order valence-electron chi connectivity index (χ3n) is 3.80. The smallest absolute Gasteiger partial charge is 0.246 e. The maximum absolute atomic E-state index is 11.0. The van der Waals surface area contributed by atoms with Gasteiger partial charge < -0.3 is 4.79 Å². The fourth-order valence-electron chi connectivity index (χ4n) is 2.33. The van der Waals surface area contributed by atoms with Crippen molar-refractivity contribution in [2.24, 2.45) is 0 Å². The van der Waals surface area contributed by atoms with Gasteiger partial charge in [-0.05, 0) is 44.6 Å². The molecule has 0 aliphatic carbocycles. The van der Waals surface area contributed by atoms with E-state index in [1.807, 2.05) is 18.2 Å². The molecule has 0 unspecified atom stereocenters. The molecule has 4 heteroatoms. The molecule has 0 saturated heterocycles. The molecule has 0 fully saturated rings. The monoisotopic (exact) mass is 335 g/mol. The molecular formula is C20H33NO3. The van der Waals surface area contributed by atoms with E-state index in [-0.39, 0.29) is 10.6 Å². The third-order valence-corrected chi connectivity index (χ3v) is 3.80. The van der Waals surface area contributed by atoms with Gasteiger partial charge in [-0.2, -0.15) is 0 Å². The average molecular weight is 335 g/mol. The van der Waals surface area contributed by atoms with Gasteiger partial charge in [0.05, 0.1) is 11.3 Å². The lowest BCUT2D eigenvalue weighted by molar-refractivity contribution is -0.427. The van der Waals surface area contributed by atoms with Crippen LogP contribution < -0.4 is 0 Å². The number of hydrogen-bond acceptors (Lipinski definition) is 3. The van der Waals surface area contributed by atoms with Crippen LogP contribution in [0.3, 0.4) is 0 Å². The van der Waals surface area contributed by atoms with Crippen molar-refractivity contribution in [1.29, 1.82) is 0 Å². The standard InChI is InChI=1S/C20H33NO3/c1-2-3-4-5-8-11-14-17-20(21(23)24)18-15-12-9-6-7-10-13-16-19-22/h8,11-12,15,17,19H,2-7,9-10,13-14,16,18H2,1H3/b11-8+,15-12+,20-17-. The Balaban J connectivity index is 3.90. The molecule has 0 bridgehead atoms. The molecule has 0 heterocycles. The van der Waals surface area contributed by atoms with Gasteiger partial charge in [0.25, 0.3) is 0 Å². The Morgan fingerprint density at radius 3 is 2.12 bits per heavy atom. The molecule has 0 aliphatic heterocycles. The van der Waals surface area contributed by atoms with Crippen molar-refractivity contribution in [1.82, 2.24) is 0 Å². The van der Waals surface area contributed by atoms with Crippen LogP contribution in [0.15, 0.2) is 36.1 Å². The van der Waals surface area contributed by atoms with Gasteiger partial charge in [0, 0.05) is 6.42 Å². The number of allylic oxidation sites excluding steroid dienone is 5. The van der Waals surface area contributed by atoms with Gasteiger partial charge in [0.1, 0.15) is 6.29 Å². The van der Waals surface area contributed by atoms with Gasteiger partial charge in [0.2, 0.25) is 5.70 Å². The van der Waals surface area contributed by atoms with Gasteiger partial charge in [-0.25, -0.2) is 0 Å². The zero-order valence-electron chi connectivity index (χ0n) is 15.1. The van der Waals surface area contributed by atoms with Crippen LogP contribution in [0.2, 0.25) is 0 Å². The van der Waals surface area contributed by atoms with Crippen LogP contribution in [-0.2, 0) is 4.79 Å². The normalized spacial score (nSPS) is 12.3. The van der Waals surface area contributed by atoms with Crippen LogP contribution in [0, 0.1) is 10.1 Å². The first kappa shape index (κ1) is 22.3. The molecular weight excluding hydrogens is 302 g/mol. The summed E-state index contributed by atoms with van der Waals surface area (Å²) in [6.45, 7) is 2.18. The van der Waals surface area contributed by atoms with E-state index in [2.05, 4.69) is 13.0 Å². The van der Waals surface area contributed by atoms with Crippen LogP contribution in [0.1, 0.15) is 84.0 Å². The van der Waals surface area contributed by atoms with E-state index in [9.17, 15) is 14.9 Å². The highest BCUT2D eigenvalue weighted by Crippen LogP contribution is 2.09. The molecule has 0 radical (unpaired) electrons. The number of nitro groups is 1. The quantitative estimate of drug-likeness (QED) is 0.112. The minimum atomic E-state index is -0.283. The lowest BCUT2D eigenvalue weighted by Crippen LogP contribution is -1.97. The molecule has 0 saturated carbocycles. The fourth-order valence-corrected chi connectivity index (χ4v) is 2.33. The second-order valence-corrected chi connectivity index (χ2v) is 5.99. The Kier molecular flexibility index (Phi) is 16.4. The summed E-state index contributed by atoms with van der Waals surface area (Å²) in [4.78, 5) is 20.9. The van der Waals surface area contributed by atoms with Crippen molar-refractivity contribution in [3.05, 3.63) is 46.2 Å². The van der Waals surface area contributed by atoms with E-state index in [0.29, 0.717) is 19.3 Å². The molecule has 0 rings (SSSR count). The van der Waals surface area contributed by atoms with Gasteiger partial charge in [-0.1, -0.05) is 56.9 Å². The topological polar surface area (TPSA) is 60.2 Å². The zero-order valence-corrected chi connectivity index (χ0v) is 15.1. The predicted octanol–water partition coefficient (Wildman–Crippen LogP) is 6.16. The molecule has 0 atom stereocenters. The van der Waals surface area contributed by atoms with Crippen LogP contribution in [0.25, 0.3) is 0 Å². The molecule has 4 nitrogen and oxygen atoms in total. The van der Waals surface area contributed by atoms with Crippen LogP contribution in [0.4, 0.5) is 0 Å². The minimum Gasteiger partial charge on any atom is -0.303 e. The Bertz CT molecular complexity index is 411. The van der Waals surface area contributed by atoms with E-state index >= 15 is 0 Å². The lowest BCUT2D eigenvalue weighted by Gasteiger charge is -1.96. The highest BCUT2D eigenvalue weighted by atomic mass is 16.6. The summed E-state index contributed by atoms with van der Waals surface area (Å²) >= 11 is 0. The number of hydrogen-bond donors (Lipinski definition) is 0. The summed E-state index contributed by atoms with van der Waals surface area (Å²) in [7, 11) is 0. The number of carbonyl (C=O) groups excluding carboxylic acids is 1. The molecule has 0 amide bonds. The summed E-state index contributed by atoms with van der Waals surface area (Å²) in [5.41, 5.74) is 0.274. The molecule has 0 N–H and O–H groups in total. The summed E-state index contributed by atoms with van der Waals surface area (Å²) in [5.74, 6) is 0. The fraction of sp³-hybridized carbons (Fsp3) is 0.650.